The van der Waals surface area contributed by atoms with Gasteiger partial charge in [0.2, 0.25) is 5.28 Å². The lowest BCUT2D eigenvalue weighted by Crippen LogP contribution is -2.27. The van der Waals surface area contributed by atoms with Gasteiger partial charge in [0.05, 0.1) is 5.39 Å². The van der Waals surface area contributed by atoms with Crippen LogP contribution in [0.25, 0.3) is 10.9 Å². The summed E-state index contributed by atoms with van der Waals surface area (Å²) < 4.78 is 14.8. The van der Waals surface area contributed by atoms with Gasteiger partial charge in [-0.05, 0) is 30.8 Å². The number of halogens is 2. The van der Waals surface area contributed by atoms with E-state index >= 15 is 0 Å². The van der Waals surface area contributed by atoms with Crippen molar-refractivity contribution >= 4 is 22.5 Å². The van der Waals surface area contributed by atoms with Crippen LogP contribution in [0.15, 0.2) is 23.0 Å². The van der Waals surface area contributed by atoms with Crippen molar-refractivity contribution in [2.75, 3.05) is 13.6 Å². The second-order valence-electron chi connectivity index (χ2n) is 3.58. The summed E-state index contributed by atoms with van der Waals surface area (Å²) >= 11 is 5.87. The minimum atomic E-state index is -0.540. The summed E-state index contributed by atoms with van der Waals surface area (Å²) in [5.74, 6) is -0.540. The Morgan fingerprint density at radius 1 is 1.53 bits per heavy atom. The molecule has 1 heterocycles. The number of hydrogen-bond donors (Lipinski definition) is 1. The molecule has 0 bridgehead atoms. The highest BCUT2D eigenvalue weighted by molar-refractivity contribution is 6.28. The van der Waals surface area contributed by atoms with Crippen LogP contribution in [0.3, 0.4) is 0 Å². The number of nitrogens with one attached hydrogen (secondary N) is 1. The fraction of sp³-hybridized carbons (Fsp3) is 0.273. The molecular formula is C11H11ClFN3O. The Hall–Kier alpha value is -1.46. The number of aromatic nitrogens is 2. The van der Waals surface area contributed by atoms with Crippen LogP contribution in [0, 0.1) is 5.82 Å². The van der Waals surface area contributed by atoms with Gasteiger partial charge in [-0.2, -0.15) is 0 Å². The fourth-order valence-electron chi connectivity index (χ4n) is 1.60. The van der Waals surface area contributed by atoms with Crippen LogP contribution >= 0.6 is 11.6 Å². The van der Waals surface area contributed by atoms with Crippen molar-refractivity contribution in [3.8, 4) is 0 Å². The molecule has 1 aromatic carbocycles. The number of fused-ring (bicyclic) bond motifs is 1. The standard InChI is InChI=1S/C11H11ClFN3O/c1-14-5-6-16-10(17)7-3-2-4-8(13)9(7)15-11(16)12/h2-4,14H,5-6H2,1H3. The SMILES string of the molecule is CNCCn1c(Cl)nc2c(F)cccc2c1=O. The quantitative estimate of drug-likeness (QED) is 0.844. The number of para-hydroxylation sites is 1. The normalized spacial score (nSPS) is 11.0. The summed E-state index contributed by atoms with van der Waals surface area (Å²) in [6, 6.07) is 4.28. The van der Waals surface area contributed by atoms with Gasteiger partial charge in [-0.25, -0.2) is 9.37 Å². The van der Waals surface area contributed by atoms with Crippen LogP contribution in [0.1, 0.15) is 0 Å². The molecule has 0 saturated carbocycles. The molecule has 0 aliphatic rings. The fourth-order valence-corrected chi connectivity index (χ4v) is 1.85. The molecule has 2 aromatic rings. The van der Waals surface area contributed by atoms with E-state index < -0.39 is 5.82 Å². The third kappa shape index (κ3) is 2.16. The second kappa shape index (κ2) is 4.81. The number of benzene rings is 1. The summed E-state index contributed by atoms with van der Waals surface area (Å²) in [4.78, 5) is 16.0. The minimum Gasteiger partial charge on any atom is -0.318 e. The monoisotopic (exact) mass is 255 g/mol. The molecule has 0 aliphatic carbocycles. The Balaban J connectivity index is 2.68. The Morgan fingerprint density at radius 2 is 2.29 bits per heavy atom. The maximum atomic E-state index is 13.4. The van der Waals surface area contributed by atoms with Gasteiger partial charge in [-0.3, -0.25) is 9.36 Å². The second-order valence-corrected chi connectivity index (χ2v) is 3.92. The molecule has 0 atom stereocenters. The molecule has 0 amide bonds. The average molecular weight is 256 g/mol. The van der Waals surface area contributed by atoms with Crippen molar-refractivity contribution < 1.29 is 4.39 Å². The molecule has 0 radical (unpaired) electrons. The highest BCUT2D eigenvalue weighted by Crippen LogP contribution is 2.14. The Morgan fingerprint density at radius 3 is 3.00 bits per heavy atom. The first-order chi connectivity index (χ1) is 8.15. The van der Waals surface area contributed by atoms with Gasteiger partial charge in [0.25, 0.3) is 5.56 Å². The molecule has 1 N–H and O–H groups in total. The van der Waals surface area contributed by atoms with E-state index in [9.17, 15) is 9.18 Å². The van der Waals surface area contributed by atoms with E-state index in [1.54, 1.807) is 13.1 Å². The topological polar surface area (TPSA) is 46.9 Å². The summed E-state index contributed by atoms with van der Waals surface area (Å²) in [7, 11) is 1.77. The molecule has 90 valence electrons. The van der Waals surface area contributed by atoms with E-state index in [1.165, 1.54) is 16.7 Å². The number of rotatable bonds is 3. The summed E-state index contributed by atoms with van der Waals surface area (Å²) in [5.41, 5.74) is -0.307. The highest BCUT2D eigenvalue weighted by atomic mass is 35.5. The molecule has 0 fully saturated rings. The van der Waals surface area contributed by atoms with Crippen LogP contribution in [-0.4, -0.2) is 23.1 Å². The van der Waals surface area contributed by atoms with Crippen LogP contribution in [0.5, 0.6) is 0 Å². The van der Waals surface area contributed by atoms with Crippen molar-refractivity contribution in [3.05, 3.63) is 39.7 Å². The Bertz CT molecular complexity index is 611. The van der Waals surface area contributed by atoms with Crippen LogP contribution in [-0.2, 0) is 6.54 Å². The van der Waals surface area contributed by atoms with Crippen LogP contribution in [0.2, 0.25) is 5.28 Å². The van der Waals surface area contributed by atoms with Gasteiger partial charge in [-0.15, -0.1) is 0 Å². The zero-order valence-electron chi connectivity index (χ0n) is 9.20. The molecule has 0 spiro atoms. The molecule has 0 unspecified atom stereocenters. The third-order valence-corrected chi connectivity index (χ3v) is 2.76. The lowest BCUT2D eigenvalue weighted by Gasteiger charge is -2.08. The van der Waals surface area contributed by atoms with Gasteiger partial charge in [0.15, 0.2) is 0 Å². The van der Waals surface area contributed by atoms with Gasteiger partial charge in [-0.1, -0.05) is 6.07 Å². The molecule has 17 heavy (non-hydrogen) atoms. The Labute approximate surface area is 102 Å². The zero-order chi connectivity index (χ0) is 12.4. The van der Waals surface area contributed by atoms with Crippen molar-refractivity contribution in [2.45, 2.75) is 6.54 Å². The molecule has 1 aromatic heterocycles. The lowest BCUT2D eigenvalue weighted by atomic mass is 10.2. The third-order valence-electron chi connectivity index (χ3n) is 2.47. The lowest BCUT2D eigenvalue weighted by molar-refractivity contribution is 0.614. The molecule has 4 nitrogen and oxygen atoms in total. The largest absolute Gasteiger partial charge is 0.318 e. The first-order valence-corrected chi connectivity index (χ1v) is 5.52. The van der Waals surface area contributed by atoms with Crippen LogP contribution < -0.4 is 10.9 Å². The van der Waals surface area contributed by atoms with E-state index in [-0.39, 0.29) is 21.7 Å². The molecular weight excluding hydrogens is 245 g/mol. The van der Waals surface area contributed by atoms with Crippen molar-refractivity contribution in [2.24, 2.45) is 0 Å². The number of hydrogen-bond acceptors (Lipinski definition) is 3. The molecule has 6 heteroatoms. The van der Waals surface area contributed by atoms with Crippen molar-refractivity contribution in [3.63, 3.8) is 0 Å². The summed E-state index contributed by atoms with van der Waals surface area (Å²) in [6.07, 6.45) is 0. The minimum absolute atomic E-state index is 0.00264. The molecule has 2 rings (SSSR count). The van der Waals surface area contributed by atoms with Gasteiger partial charge in [0.1, 0.15) is 11.3 Å². The number of nitrogens with zero attached hydrogens (tertiary/aromatic N) is 2. The number of likely N-dealkylation sites (N-methyl/N-ethyl adjacent to an activating group) is 1. The maximum absolute atomic E-state index is 13.4. The van der Waals surface area contributed by atoms with E-state index in [0.717, 1.165) is 0 Å². The molecule has 0 saturated heterocycles. The first kappa shape index (κ1) is 12.0. The van der Waals surface area contributed by atoms with Gasteiger partial charge >= 0.3 is 0 Å². The van der Waals surface area contributed by atoms with Crippen LogP contribution in [0.4, 0.5) is 4.39 Å². The summed E-state index contributed by atoms with van der Waals surface area (Å²) in [6.45, 7) is 0.982. The zero-order valence-corrected chi connectivity index (χ0v) is 9.96. The maximum Gasteiger partial charge on any atom is 0.262 e. The van der Waals surface area contributed by atoms with Gasteiger partial charge < -0.3 is 5.32 Å². The van der Waals surface area contributed by atoms with E-state index in [0.29, 0.717) is 13.1 Å². The van der Waals surface area contributed by atoms with Gasteiger partial charge in [0, 0.05) is 13.1 Å². The van der Waals surface area contributed by atoms with Crippen molar-refractivity contribution in [1.82, 2.24) is 14.9 Å². The average Bonchev–Trinajstić information content (AvgIpc) is 2.31. The van der Waals surface area contributed by atoms with E-state index in [1.807, 2.05) is 0 Å². The van der Waals surface area contributed by atoms with E-state index in [2.05, 4.69) is 10.3 Å². The van der Waals surface area contributed by atoms with Crippen molar-refractivity contribution in [1.29, 1.82) is 0 Å². The predicted octanol–water partition coefficient (Wildman–Crippen LogP) is 1.41. The Kier molecular flexibility index (Phi) is 3.40. The smallest absolute Gasteiger partial charge is 0.262 e. The first-order valence-electron chi connectivity index (χ1n) is 5.14. The van der Waals surface area contributed by atoms with E-state index in [4.69, 9.17) is 11.6 Å². The highest BCUT2D eigenvalue weighted by Gasteiger charge is 2.11. The summed E-state index contributed by atoms with van der Waals surface area (Å²) in [5, 5.41) is 3.15. The predicted molar refractivity (Wildman–Crippen MR) is 64.9 cm³/mol. The molecule has 0 aliphatic heterocycles.